The minimum atomic E-state index is 0.802. The lowest BCUT2D eigenvalue weighted by Crippen LogP contribution is -2.51. The number of allylic oxidation sites excluding steroid dienone is 1. The SMILES string of the molecule is Nc1ccc(N2CCN(C(=S)N/C=C3/CCCNc4ccccc43)CC2)cc1. The van der Waals surface area contributed by atoms with Crippen molar-refractivity contribution in [3.05, 3.63) is 60.3 Å². The molecule has 2 aromatic rings. The number of hydrogen-bond acceptors (Lipinski definition) is 4. The molecule has 2 aromatic carbocycles. The number of anilines is 3. The van der Waals surface area contributed by atoms with Crippen molar-refractivity contribution in [2.45, 2.75) is 12.8 Å². The summed E-state index contributed by atoms with van der Waals surface area (Å²) >= 11 is 5.67. The molecule has 4 N–H and O–H groups in total. The van der Waals surface area contributed by atoms with Crippen LogP contribution in [-0.2, 0) is 0 Å². The minimum absolute atomic E-state index is 0.802. The number of nitrogen functional groups attached to an aromatic ring is 1. The summed E-state index contributed by atoms with van der Waals surface area (Å²) in [6, 6.07) is 16.6. The molecule has 2 aliphatic rings. The zero-order chi connectivity index (χ0) is 19.3. The van der Waals surface area contributed by atoms with Crippen LogP contribution in [0.4, 0.5) is 17.1 Å². The molecule has 6 heteroatoms. The Morgan fingerprint density at radius 3 is 2.57 bits per heavy atom. The van der Waals surface area contributed by atoms with Crippen LogP contribution in [0.3, 0.4) is 0 Å². The fraction of sp³-hybridized carbons (Fsp3) is 0.318. The van der Waals surface area contributed by atoms with E-state index in [-0.39, 0.29) is 0 Å². The maximum absolute atomic E-state index is 5.79. The van der Waals surface area contributed by atoms with Gasteiger partial charge in [-0.15, -0.1) is 0 Å². The number of hydrogen-bond donors (Lipinski definition) is 3. The van der Waals surface area contributed by atoms with E-state index >= 15 is 0 Å². The van der Waals surface area contributed by atoms with Crippen LogP contribution in [0, 0.1) is 0 Å². The van der Waals surface area contributed by atoms with E-state index in [1.807, 2.05) is 12.1 Å². The number of nitrogens with two attached hydrogens (primary N) is 1. The normalized spacial score (nSPS) is 18.2. The number of benzene rings is 2. The summed E-state index contributed by atoms with van der Waals surface area (Å²) in [5.41, 5.74) is 11.6. The molecule has 0 aliphatic carbocycles. The van der Waals surface area contributed by atoms with Crippen molar-refractivity contribution >= 4 is 40.0 Å². The molecular weight excluding hydrogens is 366 g/mol. The summed E-state index contributed by atoms with van der Waals surface area (Å²) in [5, 5.41) is 7.69. The fourth-order valence-corrected chi connectivity index (χ4v) is 4.04. The molecule has 28 heavy (non-hydrogen) atoms. The summed E-state index contributed by atoms with van der Waals surface area (Å²) in [7, 11) is 0. The van der Waals surface area contributed by atoms with Gasteiger partial charge < -0.3 is 26.2 Å². The van der Waals surface area contributed by atoms with E-state index in [9.17, 15) is 0 Å². The third-order valence-electron chi connectivity index (χ3n) is 5.41. The second-order valence-corrected chi connectivity index (χ2v) is 7.65. The predicted octanol–water partition coefficient (Wildman–Crippen LogP) is 3.51. The smallest absolute Gasteiger partial charge is 0.173 e. The van der Waals surface area contributed by atoms with Gasteiger partial charge in [-0.2, -0.15) is 0 Å². The molecule has 0 atom stereocenters. The van der Waals surface area contributed by atoms with Crippen molar-refractivity contribution in [3.63, 3.8) is 0 Å². The second kappa shape index (κ2) is 8.52. The molecule has 1 saturated heterocycles. The van der Waals surface area contributed by atoms with Gasteiger partial charge >= 0.3 is 0 Å². The molecule has 0 bridgehead atoms. The largest absolute Gasteiger partial charge is 0.399 e. The Labute approximate surface area is 172 Å². The Kier molecular flexibility index (Phi) is 5.67. The fourth-order valence-electron chi connectivity index (χ4n) is 3.80. The van der Waals surface area contributed by atoms with Crippen LogP contribution in [0.15, 0.2) is 54.7 Å². The number of nitrogens with zero attached hydrogens (tertiary/aromatic N) is 2. The zero-order valence-electron chi connectivity index (χ0n) is 16.0. The second-order valence-electron chi connectivity index (χ2n) is 7.26. The highest BCUT2D eigenvalue weighted by atomic mass is 32.1. The molecule has 0 amide bonds. The molecule has 0 saturated carbocycles. The summed E-state index contributed by atoms with van der Waals surface area (Å²) < 4.78 is 0. The highest BCUT2D eigenvalue weighted by molar-refractivity contribution is 7.80. The Hall–Kier alpha value is -2.73. The molecule has 0 radical (unpaired) electrons. The van der Waals surface area contributed by atoms with Gasteiger partial charge in [0, 0.05) is 61.5 Å². The zero-order valence-corrected chi connectivity index (χ0v) is 16.8. The summed E-state index contributed by atoms with van der Waals surface area (Å²) in [4.78, 5) is 4.63. The van der Waals surface area contributed by atoms with Gasteiger partial charge in [-0.1, -0.05) is 18.2 Å². The molecule has 146 valence electrons. The number of rotatable bonds is 2. The van der Waals surface area contributed by atoms with E-state index < -0.39 is 0 Å². The van der Waals surface area contributed by atoms with E-state index in [0.29, 0.717) is 0 Å². The number of piperazine rings is 1. The molecular formula is C22H27N5S. The quantitative estimate of drug-likeness (QED) is 0.536. The third-order valence-corrected chi connectivity index (χ3v) is 5.78. The number of nitrogens with one attached hydrogen (secondary N) is 2. The first kappa shape index (κ1) is 18.6. The van der Waals surface area contributed by atoms with Gasteiger partial charge in [-0.3, -0.25) is 0 Å². The highest BCUT2D eigenvalue weighted by Crippen LogP contribution is 2.29. The Bertz CT molecular complexity index is 853. The Morgan fingerprint density at radius 2 is 1.79 bits per heavy atom. The van der Waals surface area contributed by atoms with E-state index in [1.165, 1.54) is 22.5 Å². The number of para-hydroxylation sites is 1. The van der Waals surface area contributed by atoms with Crippen molar-refractivity contribution < 1.29 is 0 Å². The van der Waals surface area contributed by atoms with E-state index in [2.05, 4.69) is 63.0 Å². The monoisotopic (exact) mass is 393 g/mol. The lowest BCUT2D eigenvalue weighted by molar-refractivity contribution is 0.384. The first-order valence-electron chi connectivity index (χ1n) is 9.89. The van der Waals surface area contributed by atoms with Gasteiger partial charge in [-0.25, -0.2) is 0 Å². The maximum atomic E-state index is 5.79. The highest BCUT2D eigenvalue weighted by Gasteiger charge is 2.19. The molecule has 1 fully saturated rings. The van der Waals surface area contributed by atoms with Crippen LogP contribution >= 0.6 is 12.2 Å². The van der Waals surface area contributed by atoms with Crippen LogP contribution in [0.25, 0.3) is 5.57 Å². The number of thiocarbonyl (C=S) groups is 1. The predicted molar refractivity (Wildman–Crippen MR) is 123 cm³/mol. The molecule has 0 aromatic heterocycles. The van der Waals surface area contributed by atoms with Crippen molar-refractivity contribution in [3.8, 4) is 0 Å². The molecule has 2 aliphatic heterocycles. The van der Waals surface area contributed by atoms with Gasteiger partial charge in [0.1, 0.15) is 0 Å². The van der Waals surface area contributed by atoms with E-state index in [4.69, 9.17) is 18.0 Å². The van der Waals surface area contributed by atoms with Crippen LogP contribution in [-0.4, -0.2) is 42.7 Å². The molecule has 0 spiro atoms. The minimum Gasteiger partial charge on any atom is -0.399 e. The van der Waals surface area contributed by atoms with Crippen molar-refractivity contribution in [2.75, 3.05) is 48.7 Å². The molecule has 4 rings (SSSR count). The van der Waals surface area contributed by atoms with Gasteiger partial charge in [0.2, 0.25) is 0 Å². The Balaban J connectivity index is 1.36. The maximum Gasteiger partial charge on any atom is 0.173 e. The summed E-state index contributed by atoms with van der Waals surface area (Å²) in [5.74, 6) is 0. The van der Waals surface area contributed by atoms with Crippen LogP contribution in [0.1, 0.15) is 18.4 Å². The lowest BCUT2D eigenvalue weighted by atomic mass is 10.0. The molecule has 0 unspecified atom stereocenters. The first-order valence-corrected chi connectivity index (χ1v) is 10.3. The molecule has 5 nitrogen and oxygen atoms in total. The van der Waals surface area contributed by atoms with E-state index in [0.717, 1.165) is 56.4 Å². The van der Waals surface area contributed by atoms with Crippen LogP contribution in [0.2, 0.25) is 0 Å². The van der Waals surface area contributed by atoms with Crippen LogP contribution in [0.5, 0.6) is 0 Å². The topological polar surface area (TPSA) is 56.6 Å². The van der Waals surface area contributed by atoms with Crippen molar-refractivity contribution in [2.24, 2.45) is 0 Å². The van der Waals surface area contributed by atoms with Crippen LogP contribution < -0.4 is 21.3 Å². The third kappa shape index (κ3) is 4.22. The van der Waals surface area contributed by atoms with Gasteiger partial charge in [0.25, 0.3) is 0 Å². The van der Waals surface area contributed by atoms with Crippen molar-refractivity contribution in [1.29, 1.82) is 0 Å². The van der Waals surface area contributed by atoms with Gasteiger partial charge in [0.15, 0.2) is 5.11 Å². The summed E-state index contributed by atoms with van der Waals surface area (Å²) in [6.45, 7) is 4.74. The Morgan fingerprint density at radius 1 is 1.04 bits per heavy atom. The van der Waals surface area contributed by atoms with Crippen molar-refractivity contribution in [1.82, 2.24) is 10.2 Å². The standard InChI is InChI=1S/C22H27N5S/c23-18-7-9-19(10-8-18)26-12-14-27(15-13-26)22(28)25-16-17-4-3-11-24-21-6-2-1-5-20(17)21/h1-2,5-10,16,24H,3-4,11-15,23H2,(H,25,28)/b17-16-. The van der Waals surface area contributed by atoms with E-state index in [1.54, 1.807) is 0 Å². The number of fused-ring (bicyclic) bond motifs is 1. The molecule has 2 heterocycles. The van der Waals surface area contributed by atoms with Gasteiger partial charge in [-0.05, 0) is 61.0 Å². The average molecular weight is 394 g/mol. The van der Waals surface area contributed by atoms with Gasteiger partial charge in [0.05, 0.1) is 0 Å². The first-order chi connectivity index (χ1) is 13.7. The lowest BCUT2D eigenvalue weighted by Gasteiger charge is -2.37. The summed E-state index contributed by atoms with van der Waals surface area (Å²) in [6.07, 6.45) is 4.26. The average Bonchev–Trinajstić information content (AvgIpc) is 2.95.